The number of nitrogens with zero attached hydrogens (tertiary/aromatic N) is 2. The highest BCUT2D eigenvalue weighted by Crippen LogP contribution is 2.35. The Bertz CT molecular complexity index is 847. The molecule has 0 heterocycles. The maximum atomic E-state index is 11.6. The van der Waals surface area contributed by atoms with Crippen LogP contribution in [0, 0.1) is 10.1 Å². The number of halogens is 1. The van der Waals surface area contributed by atoms with E-state index >= 15 is 0 Å². The number of ether oxygens (including phenoxy) is 3. The van der Waals surface area contributed by atoms with Crippen LogP contribution in [-0.2, 0) is 13.1 Å². The van der Waals surface area contributed by atoms with Crippen LogP contribution in [0.5, 0.6) is 17.2 Å². The van der Waals surface area contributed by atoms with E-state index in [0.29, 0.717) is 43.2 Å². The van der Waals surface area contributed by atoms with Gasteiger partial charge in [-0.15, -0.1) is 0 Å². The summed E-state index contributed by atoms with van der Waals surface area (Å²) in [7, 11) is 4.58. The fourth-order valence-electron chi connectivity index (χ4n) is 3.04. The fourth-order valence-corrected chi connectivity index (χ4v) is 3.63. The summed E-state index contributed by atoms with van der Waals surface area (Å²) in [4.78, 5) is 13.3. The van der Waals surface area contributed by atoms with Crippen LogP contribution < -0.4 is 19.9 Å². The maximum Gasteiger partial charge on any atom is 0.277 e. The van der Waals surface area contributed by atoms with Gasteiger partial charge >= 0.3 is 0 Å². The monoisotopic (exact) mass is 467 g/mol. The molecule has 0 saturated carbocycles. The van der Waals surface area contributed by atoms with Crippen LogP contribution in [0.2, 0.25) is 0 Å². The zero-order valence-electron chi connectivity index (χ0n) is 16.8. The summed E-state index contributed by atoms with van der Waals surface area (Å²) in [6, 6.07) is 8.91. The van der Waals surface area contributed by atoms with Gasteiger partial charge in [0.05, 0.1) is 36.8 Å². The van der Waals surface area contributed by atoms with E-state index in [1.807, 2.05) is 18.2 Å². The summed E-state index contributed by atoms with van der Waals surface area (Å²) in [6.45, 7) is 2.22. The standard InChI is InChI=1S/C20H26BrN3O5/c1-27-18-6-5-14(9-16(18)21)12-23(8-4-7-22)13-15-10-19(28-2)20(29-3)11-17(15)24(25)26/h5-6,9-11H,4,7-8,12-13,22H2,1-3H3. The van der Waals surface area contributed by atoms with Crippen LogP contribution in [0.15, 0.2) is 34.8 Å². The van der Waals surface area contributed by atoms with E-state index < -0.39 is 4.92 Å². The van der Waals surface area contributed by atoms with Crippen molar-refractivity contribution >= 4 is 21.6 Å². The van der Waals surface area contributed by atoms with E-state index in [4.69, 9.17) is 19.9 Å². The van der Waals surface area contributed by atoms with Crippen LogP contribution >= 0.6 is 15.9 Å². The summed E-state index contributed by atoms with van der Waals surface area (Å²) in [5.74, 6) is 1.53. The van der Waals surface area contributed by atoms with E-state index in [-0.39, 0.29) is 5.69 Å². The van der Waals surface area contributed by atoms with Crippen molar-refractivity contribution in [1.82, 2.24) is 4.90 Å². The van der Waals surface area contributed by atoms with Crippen molar-refractivity contribution in [3.05, 3.63) is 56.0 Å². The molecular weight excluding hydrogens is 442 g/mol. The van der Waals surface area contributed by atoms with Crippen LogP contribution in [0.25, 0.3) is 0 Å². The van der Waals surface area contributed by atoms with Crippen molar-refractivity contribution < 1.29 is 19.1 Å². The molecule has 158 valence electrons. The molecule has 0 fully saturated rings. The van der Waals surface area contributed by atoms with E-state index in [1.165, 1.54) is 20.3 Å². The lowest BCUT2D eigenvalue weighted by Gasteiger charge is -2.23. The first kappa shape index (κ1) is 22.9. The van der Waals surface area contributed by atoms with Crippen LogP contribution in [0.1, 0.15) is 17.5 Å². The summed E-state index contributed by atoms with van der Waals surface area (Å²) in [5.41, 5.74) is 7.29. The topological polar surface area (TPSA) is 100 Å². The predicted octanol–water partition coefficient (Wildman–Crippen LogP) is 3.73. The van der Waals surface area contributed by atoms with Gasteiger partial charge in [-0.3, -0.25) is 15.0 Å². The lowest BCUT2D eigenvalue weighted by atomic mass is 10.1. The van der Waals surface area contributed by atoms with Crippen molar-refractivity contribution in [2.24, 2.45) is 5.73 Å². The van der Waals surface area contributed by atoms with Crippen molar-refractivity contribution in [3.63, 3.8) is 0 Å². The summed E-state index contributed by atoms with van der Waals surface area (Å²) in [5, 5.41) is 11.6. The second-order valence-electron chi connectivity index (χ2n) is 6.41. The highest BCUT2D eigenvalue weighted by atomic mass is 79.9. The Hall–Kier alpha value is -2.36. The molecule has 0 bridgehead atoms. The molecule has 0 radical (unpaired) electrons. The highest BCUT2D eigenvalue weighted by Gasteiger charge is 2.21. The Morgan fingerprint density at radius 3 is 2.24 bits per heavy atom. The zero-order chi connectivity index (χ0) is 21.4. The van der Waals surface area contributed by atoms with Gasteiger partial charge in [-0.05, 0) is 52.7 Å². The van der Waals surface area contributed by atoms with Gasteiger partial charge in [0.15, 0.2) is 11.5 Å². The third-order valence-electron chi connectivity index (χ3n) is 4.48. The zero-order valence-corrected chi connectivity index (χ0v) is 18.4. The molecule has 0 aromatic heterocycles. The van der Waals surface area contributed by atoms with Gasteiger partial charge in [0, 0.05) is 25.2 Å². The minimum Gasteiger partial charge on any atom is -0.496 e. The predicted molar refractivity (Wildman–Crippen MR) is 115 cm³/mol. The van der Waals surface area contributed by atoms with Crippen molar-refractivity contribution in [3.8, 4) is 17.2 Å². The van der Waals surface area contributed by atoms with E-state index in [0.717, 1.165) is 22.2 Å². The lowest BCUT2D eigenvalue weighted by molar-refractivity contribution is -0.385. The third-order valence-corrected chi connectivity index (χ3v) is 5.10. The number of benzene rings is 2. The third kappa shape index (κ3) is 6.06. The first-order valence-electron chi connectivity index (χ1n) is 9.07. The average molecular weight is 468 g/mol. The van der Waals surface area contributed by atoms with Gasteiger partial charge in [0.1, 0.15) is 5.75 Å². The maximum absolute atomic E-state index is 11.6. The largest absolute Gasteiger partial charge is 0.496 e. The van der Waals surface area contributed by atoms with Crippen molar-refractivity contribution in [2.45, 2.75) is 19.5 Å². The van der Waals surface area contributed by atoms with E-state index in [9.17, 15) is 10.1 Å². The summed E-state index contributed by atoms with van der Waals surface area (Å²) in [6.07, 6.45) is 0.776. The molecule has 0 atom stereocenters. The van der Waals surface area contributed by atoms with Crippen molar-refractivity contribution in [1.29, 1.82) is 0 Å². The van der Waals surface area contributed by atoms with Crippen molar-refractivity contribution in [2.75, 3.05) is 34.4 Å². The number of nitrogens with two attached hydrogens (primary N) is 1. The Morgan fingerprint density at radius 2 is 1.69 bits per heavy atom. The second kappa shape index (κ2) is 11.0. The molecular formula is C20H26BrN3O5. The summed E-state index contributed by atoms with van der Waals surface area (Å²) >= 11 is 3.50. The van der Waals surface area contributed by atoms with Gasteiger partial charge in [-0.1, -0.05) is 6.07 Å². The molecule has 2 N–H and O–H groups in total. The molecule has 2 aromatic rings. The molecule has 2 rings (SSSR count). The van der Waals surface area contributed by atoms with Crippen LogP contribution in [0.4, 0.5) is 5.69 Å². The molecule has 0 unspecified atom stereocenters. The SMILES string of the molecule is COc1ccc(CN(CCCN)Cc2cc(OC)c(OC)cc2[N+](=O)[O-])cc1Br. The Balaban J connectivity index is 2.34. The molecule has 0 aliphatic heterocycles. The number of nitro groups is 1. The van der Waals surface area contributed by atoms with Crippen LogP contribution in [0.3, 0.4) is 0 Å². The number of rotatable bonds is 11. The minimum atomic E-state index is -0.400. The van der Waals surface area contributed by atoms with Crippen LogP contribution in [-0.4, -0.2) is 44.2 Å². The minimum absolute atomic E-state index is 0.00342. The smallest absolute Gasteiger partial charge is 0.277 e. The quantitative estimate of drug-likeness (QED) is 0.396. The Labute approximate surface area is 178 Å². The molecule has 8 nitrogen and oxygen atoms in total. The molecule has 0 aliphatic rings. The first-order chi connectivity index (χ1) is 13.9. The number of hydrogen-bond donors (Lipinski definition) is 1. The Morgan fingerprint density at radius 1 is 1.03 bits per heavy atom. The molecule has 0 saturated heterocycles. The molecule has 2 aromatic carbocycles. The second-order valence-corrected chi connectivity index (χ2v) is 7.27. The molecule has 0 spiro atoms. The molecule has 0 aliphatic carbocycles. The average Bonchev–Trinajstić information content (AvgIpc) is 2.71. The molecule has 29 heavy (non-hydrogen) atoms. The highest BCUT2D eigenvalue weighted by molar-refractivity contribution is 9.10. The van der Waals surface area contributed by atoms with Gasteiger partial charge in [-0.2, -0.15) is 0 Å². The molecule has 0 amide bonds. The van der Waals surface area contributed by atoms with E-state index in [2.05, 4.69) is 20.8 Å². The van der Waals surface area contributed by atoms with E-state index in [1.54, 1.807) is 13.2 Å². The van der Waals surface area contributed by atoms with Gasteiger partial charge in [0.2, 0.25) is 0 Å². The normalized spacial score (nSPS) is 10.8. The van der Waals surface area contributed by atoms with Gasteiger partial charge in [0.25, 0.3) is 5.69 Å². The lowest BCUT2D eigenvalue weighted by Crippen LogP contribution is -2.26. The first-order valence-corrected chi connectivity index (χ1v) is 9.86. The Kier molecular flexibility index (Phi) is 8.69. The number of nitro benzene ring substituents is 1. The van der Waals surface area contributed by atoms with Gasteiger partial charge in [-0.25, -0.2) is 0 Å². The number of hydrogen-bond acceptors (Lipinski definition) is 7. The fraction of sp³-hybridized carbons (Fsp3) is 0.400. The summed E-state index contributed by atoms with van der Waals surface area (Å²) < 4.78 is 16.7. The number of methoxy groups -OCH3 is 3. The van der Waals surface area contributed by atoms with Gasteiger partial charge < -0.3 is 19.9 Å². The molecule has 9 heteroatoms.